The molecule has 0 spiro atoms. The molecular formula is C8H12N2O. The van der Waals surface area contributed by atoms with Gasteiger partial charge in [-0.1, -0.05) is 30.9 Å². The summed E-state index contributed by atoms with van der Waals surface area (Å²) in [6, 6.07) is 0. The van der Waals surface area contributed by atoms with Crippen molar-refractivity contribution in [1.82, 2.24) is 5.48 Å². The number of hydroxylamine groups is 1. The second-order valence-electron chi connectivity index (χ2n) is 1.83. The van der Waals surface area contributed by atoms with E-state index in [4.69, 9.17) is 10.6 Å². The lowest BCUT2D eigenvalue weighted by atomic mass is 10.2. The standard InChI is InChI=1S/C8H12N2O/c1-3-5-6-7(4-2)8(9)10-11/h3-6,11H,1H2,2H3,(H2,9,10)/b6-5-,7-4+. The van der Waals surface area contributed by atoms with E-state index in [1.54, 1.807) is 36.7 Å². The van der Waals surface area contributed by atoms with Crippen molar-refractivity contribution >= 4 is 5.84 Å². The summed E-state index contributed by atoms with van der Waals surface area (Å²) >= 11 is 0. The molecule has 0 atom stereocenters. The highest BCUT2D eigenvalue weighted by Crippen LogP contribution is 1.96. The Hall–Kier alpha value is -1.35. The Morgan fingerprint density at radius 3 is 2.64 bits per heavy atom. The molecule has 3 heteroatoms. The molecule has 0 unspecified atom stereocenters. The Balaban J connectivity index is 4.31. The molecule has 0 heterocycles. The summed E-state index contributed by atoms with van der Waals surface area (Å²) in [5, 5.41) is 15.5. The van der Waals surface area contributed by atoms with Crippen LogP contribution in [-0.4, -0.2) is 11.0 Å². The summed E-state index contributed by atoms with van der Waals surface area (Å²) in [6.45, 7) is 5.27. The van der Waals surface area contributed by atoms with Crippen LogP contribution >= 0.6 is 0 Å². The minimum absolute atomic E-state index is 0.0226. The monoisotopic (exact) mass is 152 g/mol. The lowest BCUT2D eigenvalue weighted by Crippen LogP contribution is -2.18. The molecule has 0 aliphatic carbocycles. The highest BCUT2D eigenvalue weighted by Gasteiger charge is 1.95. The number of rotatable bonds is 3. The largest absolute Gasteiger partial charge is 0.290 e. The van der Waals surface area contributed by atoms with E-state index in [0.717, 1.165) is 0 Å². The first kappa shape index (κ1) is 9.65. The highest BCUT2D eigenvalue weighted by molar-refractivity contribution is 5.97. The van der Waals surface area contributed by atoms with Crippen LogP contribution in [0.2, 0.25) is 0 Å². The van der Waals surface area contributed by atoms with Crippen LogP contribution in [0.4, 0.5) is 0 Å². The molecule has 0 bridgehead atoms. The molecule has 0 aromatic carbocycles. The quantitative estimate of drug-likeness (QED) is 0.249. The fraction of sp³-hybridized carbons (Fsp3) is 0.125. The number of amidine groups is 1. The third kappa shape index (κ3) is 3.37. The van der Waals surface area contributed by atoms with Crippen LogP contribution in [0.3, 0.4) is 0 Å². The van der Waals surface area contributed by atoms with Crippen molar-refractivity contribution in [1.29, 1.82) is 5.41 Å². The van der Waals surface area contributed by atoms with Crippen molar-refractivity contribution in [2.24, 2.45) is 0 Å². The van der Waals surface area contributed by atoms with Crippen molar-refractivity contribution in [3.05, 3.63) is 36.5 Å². The van der Waals surface area contributed by atoms with Gasteiger partial charge in [-0.3, -0.25) is 16.1 Å². The molecule has 0 aliphatic rings. The first-order chi connectivity index (χ1) is 5.26. The Kier molecular flexibility index (Phi) is 4.77. The summed E-state index contributed by atoms with van der Waals surface area (Å²) in [4.78, 5) is 0. The van der Waals surface area contributed by atoms with Gasteiger partial charge in [-0.25, -0.2) is 0 Å². The predicted octanol–water partition coefficient (Wildman–Crippen LogP) is 1.63. The van der Waals surface area contributed by atoms with Gasteiger partial charge in [0, 0.05) is 5.57 Å². The van der Waals surface area contributed by atoms with E-state index in [2.05, 4.69) is 6.58 Å². The third-order valence-electron chi connectivity index (χ3n) is 1.12. The molecule has 0 amide bonds. The smallest absolute Gasteiger partial charge is 0.149 e. The minimum atomic E-state index is -0.0226. The number of hydrogen-bond acceptors (Lipinski definition) is 2. The van der Waals surface area contributed by atoms with E-state index < -0.39 is 0 Å². The van der Waals surface area contributed by atoms with E-state index in [9.17, 15) is 0 Å². The summed E-state index contributed by atoms with van der Waals surface area (Å²) < 4.78 is 0. The zero-order chi connectivity index (χ0) is 8.69. The molecule has 60 valence electrons. The number of allylic oxidation sites excluding steroid dienone is 3. The lowest BCUT2D eigenvalue weighted by Gasteiger charge is -1.99. The van der Waals surface area contributed by atoms with Crippen LogP contribution in [0, 0.1) is 5.41 Å². The van der Waals surface area contributed by atoms with Gasteiger partial charge in [-0.05, 0) is 6.92 Å². The first-order valence-electron chi connectivity index (χ1n) is 3.20. The Bertz CT molecular complexity index is 204. The fourth-order valence-electron chi connectivity index (χ4n) is 0.560. The van der Waals surface area contributed by atoms with E-state index in [1.807, 2.05) is 0 Å². The highest BCUT2D eigenvalue weighted by atomic mass is 16.5. The SMILES string of the molecule is C=C/C=C\C(=C/C)C(=N)NO. The van der Waals surface area contributed by atoms with Crippen molar-refractivity contribution in [3.63, 3.8) is 0 Å². The van der Waals surface area contributed by atoms with Crippen LogP contribution < -0.4 is 5.48 Å². The van der Waals surface area contributed by atoms with E-state index in [0.29, 0.717) is 5.57 Å². The second kappa shape index (κ2) is 5.44. The normalized spacial score (nSPS) is 11.6. The van der Waals surface area contributed by atoms with Gasteiger partial charge in [-0.2, -0.15) is 0 Å². The van der Waals surface area contributed by atoms with Gasteiger partial charge >= 0.3 is 0 Å². The maximum absolute atomic E-state index is 8.36. The number of hydrogen-bond donors (Lipinski definition) is 3. The maximum Gasteiger partial charge on any atom is 0.149 e. The van der Waals surface area contributed by atoms with Gasteiger partial charge in [0.2, 0.25) is 0 Å². The lowest BCUT2D eigenvalue weighted by molar-refractivity contribution is 0.234. The molecule has 0 saturated heterocycles. The zero-order valence-electron chi connectivity index (χ0n) is 6.46. The maximum atomic E-state index is 8.36. The molecule has 0 rings (SSSR count). The van der Waals surface area contributed by atoms with E-state index in [-0.39, 0.29) is 5.84 Å². The predicted molar refractivity (Wildman–Crippen MR) is 45.7 cm³/mol. The Morgan fingerprint density at radius 1 is 1.64 bits per heavy atom. The van der Waals surface area contributed by atoms with Crippen LogP contribution in [0.1, 0.15) is 6.92 Å². The van der Waals surface area contributed by atoms with Gasteiger partial charge in [0.05, 0.1) is 0 Å². The molecule has 0 aromatic rings. The van der Waals surface area contributed by atoms with Crippen LogP contribution in [0.25, 0.3) is 0 Å². The van der Waals surface area contributed by atoms with Gasteiger partial charge in [0.1, 0.15) is 5.84 Å². The van der Waals surface area contributed by atoms with Crippen molar-refractivity contribution in [2.75, 3.05) is 0 Å². The van der Waals surface area contributed by atoms with Crippen LogP contribution in [0.15, 0.2) is 36.5 Å². The summed E-state index contributed by atoms with van der Waals surface area (Å²) in [6.07, 6.45) is 6.69. The fourth-order valence-corrected chi connectivity index (χ4v) is 0.560. The molecule has 0 saturated carbocycles. The van der Waals surface area contributed by atoms with Crippen molar-refractivity contribution in [3.8, 4) is 0 Å². The topological polar surface area (TPSA) is 56.1 Å². The van der Waals surface area contributed by atoms with Crippen molar-refractivity contribution in [2.45, 2.75) is 6.92 Å². The van der Waals surface area contributed by atoms with E-state index >= 15 is 0 Å². The van der Waals surface area contributed by atoms with Crippen LogP contribution in [0.5, 0.6) is 0 Å². The summed E-state index contributed by atoms with van der Waals surface area (Å²) in [5.74, 6) is -0.0226. The van der Waals surface area contributed by atoms with Gasteiger partial charge in [0.25, 0.3) is 0 Å². The molecular weight excluding hydrogens is 140 g/mol. The molecule has 0 fully saturated rings. The molecule has 11 heavy (non-hydrogen) atoms. The van der Waals surface area contributed by atoms with Gasteiger partial charge in [-0.15, -0.1) is 0 Å². The average Bonchev–Trinajstić information content (AvgIpc) is 2.05. The van der Waals surface area contributed by atoms with Gasteiger partial charge < -0.3 is 0 Å². The summed E-state index contributed by atoms with van der Waals surface area (Å²) in [5.41, 5.74) is 2.37. The summed E-state index contributed by atoms with van der Waals surface area (Å²) in [7, 11) is 0. The van der Waals surface area contributed by atoms with Crippen molar-refractivity contribution < 1.29 is 5.21 Å². The van der Waals surface area contributed by atoms with Crippen LogP contribution in [-0.2, 0) is 0 Å². The van der Waals surface area contributed by atoms with E-state index in [1.165, 1.54) is 0 Å². The molecule has 3 nitrogen and oxygen atoms in total. The molecule has 0 radical (unpaired) electrons. The molecule has 3 N–H and O–H groups in total. The average molecular weight is 152 g/mol. The zero-order valence-corrected chi connectivity index (χ0v) is 6.46. The Labute approximate surface area is 66.2 Å². The second-order valence-corrected chi connectivity index (χ2v) is 1.83. The molecule has 0 aromatic heterocycles. The Morgan fingerprint density at radius 2 is 2.27 bits per heavy atom. The first-order valence-corrected chi connectivity index (χ1v) is 3.20. The minimum Gasteiger partial charge on any atom is -0.290 e. The third-order valence-corrected chi connectivity index (χ3v) is 1.12. The van der Waals surface area contributed by atoms with Gasteiger partial charge in [0.15, 0.2) is 0 Å². The number of nitrogens with one attached hydrogen (secondary N) is 2. The molecule has 0 aliphatic heterocycles.